The van der Waals surface area contributed by atoms with E-state index in [0.29, 0.717) is 27.8 Å². The number of nitrogens with zero attached hydrogens (tertiary/aromatic N) is 2. The van der Waals surface area contributed by atoms with Gasteiger partial charge in [0.15, 0.2) is 4.77 Å². The number of hydrogen-bond acceptors (Lipinski definition) is 3. The second kappa shape index (κ2) is 6.63. The fourth-order valence-electron chi connectivity index (χ4n) is 2.67. The fraction of sp³-hybridized carbons (Fsp3) is 0.400. The zero-order valence-corrected chi connectivity index (χ0v) is 14.8. The molecular weight excluding hydrogens is 355 g/mol. The summed E-state index contributed by atoms with van der Waals surface area (Å²) < 4.78 is 2.37. The van der Waals surface area contributed by atoms with Crippen LogP contribution in [0.5, 0.6) is 0 Å². The smallest absolute Gasteiger partial charge is 0.223 e. The predicted octanol–water partition coefficient (Wildman–Crippen LogP) is 3.25. The SMILES string of the molecule is Cn1c(CCNC(=O)[C@@H]2C[C@@H]2c2cccc(Cl)c2Cl)n[nH]c1=S. The number of hydrogen-bond donors (Lipinski definition) is 2. The molecule has 1 aromatic heterocycles. The highest BCUT2D eigenvalue weighted by Gasteiger charge is 2.44. The molecule has 23 heavy (non-hydrogen) atoms. The number of aromatic nitrogens is 3. The van der Waals surface area contributed by atoms with Crippen LogP contribution in [0.2, 0.25) is 10.0 Å². The first-order chi connectivity index (χ1) is 11.0. The predicted molar refractivity (Wildman–Crippen MR) is 92.4 cm³/mol. The van der Waals surface area contributed by atoms with Crippen molar-refractivity contribution in [1.82, 2.24) is 20.1 Å². The molecule has 1 fully saturated rings. The topological polar surface area (TPSA) is 62.7 Å². The first-order valence-corrected chi connectivity index (χ1v) is 8.47. The van der Waals surface area contributed by atoms with Gasteiger partial charge in [-0.25, -0.2) is 0 Å². The lowest BCUT2D eigenvalue weighted by Crippen LogP contribution is -2.28. The molecule has 122 valence electrons. The van der Waals surface area contributed by atoms with Crippen molar-refractivity contribution < 1.29 is 4.79 Å². The van der Waals surface area contributed by atoms with Crippen LogP contribution in [-0.4, -0.2) is 27.2 Å². The highest BCUT2D eigenvalue weighted by molar-refractivity contribution is 7.71. The van der Waals surface area contributed by atoms with Crippen LogP contribution in [0.25, 0.3) is 0 Å². The van der Waals surface area contributed by atoms with Crippen molar-refractivity contribution >= 4 is 41.3 Å². The van der Waals surface area contributed by atoms with Crippen molar-refractivity contribution in [3.05, 3.63) is 44.4 Å². The van der Waals surface area contributed by atoms with E-state index in [9.17, 15) is 4.79 Å². The van der Waals surface area contributed by atoms with E-state index < -0.39 is 0 Å². The minimum atomic E-state index is -0.0339. The van der Waals surface area contributed by atoms with Gasteiger partial charge in [-0.1, -0.05) is 35.3 Å². The van der Waals surface area contributed by atoms with Gasteiger partial charge in [0.1, 0.15) is 5.82 Å². The van der Waals surface area contributed by atoms with Crippen molar-refractivity contribution in [2.24, 2.45) is 13.0 Å². The number of carbonyl (C=O) groups is 1. The Kier molecular flexibility index (Phi) is 4.75. The third kappa shape index (κ3) is 3.44. The summed E-state index contributed by atoms with van der Waals surface area (Å²) in [5.41, 5.74) is 0.953. The maximum Gasteiger partial charge on any atom is 0.223 e. The molecule has 1 aliphatic rings. The standard InChI is InChI=1S/C15H16Cl2N4OS/c1-21-12(19-20-15(21)23)5-6-18-14(22)10-7-9(10)8-3-2-4-11(16)13(8)17/h2-4,9-10H,5-7H2,1H3,(H,18,22)(H,20,23)/t9-,10-/m1/s1. The highest BCUT2D eigenvalue weighted by Crippen LogP contribution is 2.50. The molecule has 8 heteroatoms. The van der Waals surface area contributed by atoms with Gasteiger partial charge in [0.05, 0.1) is 10.0 Å². The third-order valence-corrected chi connectivity index (χ3v) is 5.33. The maximum absolute atomic E-state index is 12.2. The molecule has 2 aromatic rings. The summed E-state index contributed by atoms with van der Waals surface area (Å²) in [6, 6.07) is 5.55. The molecule has 0 bridgehead atoms. The van der Waals surface area contributed by atoms with Crippen LogP contribution in [0.3, 0.4) is 0 Å². The Morgan fingerprint density at radius 1 is 1.52 bits per heavy atom. The summed E-state index contributed by atoms with van der Waals surface area (Å²) in [6.07, 6.45) is 1.43. The van der Waals surface area contributed by atoms with Crippen LogP contribution < -0.4 is 5.32 Å². The van der Waals surface area contributed by atoms with Crippen molar-refractivity contribution in [2.45, 2.75) is 18.8 Å². The number of nitrogens with one attached hydrogen (secondary N) is 2. The molecule has 3 rings (SSSR count). The van der Waals surface area contributed by atoms with Crippen LogP contribution in [0, 0.1) is 10.7 Å². The van der Waals surface area contributed by atoms with Gasteiger partial charge < -0.3 is 9.88 Å². The molecular formula is C15H16Cl2N4OS. The van der Waals surface area contributed by atoms with E-state index in [4.69, 9.17) is 35.4 Å². The minimum Gasteiger partial charge on any atom is -0.355 e. The molecule has 1 heterocycles. The normalized spacial score (nSPS) is 19.6. The zero-order chi connectivity index (χ0) is 16.6. The number of amides is 1. The first-order valence-electron chi connectivity index (χ1n) is 7.31. The molecule has 2 N–H and O–H groups in total. The van der Waals surface area contributed by atoms with Crippen LogP contribution in [0.4, 0.5) is 0 Å². The number of halogens is 2. The monoisotopic (exact) mass is 370 g/mol. The lowest BCUT2D eigenvalue weighted by molar-refractivity contribution is -0.122. The molecule has 1 aliphatic carbocycles. The number of H-pyrrole nitrogens is 1. The van der Waals surface area contributed by atoms with Crippen LogP contribution in [0.15, 0.2) is 18.2 Å². The summed E-state index contributed by atoms with van der Waals surface area (Å²) in [6.45, 7) is 0.527. The molecule has 5 nitrogen and oxygen atoms in total. The van der Waals surface area contributed by atoms with Gasteiger partial charge in [-0.15, -0.1) is 0 Å². The van der Waals surface area contributed by atoms with Crippen LogP contribution in [-0.2, 0) is 18.3 Å². The number of carbonyl (C=O) groups excluding carboxylic acids is 1. The Morgan fingerprint density at radius 3 is 3.00 bits per heavy atom. The van der Waals surface area contributed by atoms with E-state index in [0.717, 1.165) is 17.8 Å². The van der Waals surface area contributed by atoms with Gasteiger partial charge in [0, 0.05) is 25.9 Å². The Bertz CT molecular complexity index is 801. The third-order valence-electron chi connectivity index (χ3n) is 4.13. The summed E-state index contributed by atoms with van der Waals surface area (Å²) in [4.78, 5) is 12.2. The maximum atomic E-state index is 12.2. The van der Waals surface area contributed by atoms with E-state index in [2.05, 4.69) is 15.5 Å². The largest absolute Gasteiger partial charge is 0.355 e. The van der Waals surface area contributed by atoms with E-state index in [-0.39, 0.29) is 17.7 Å². The van der Waals surface area contributed by atoms with Crippen molar-refractivity contribution in [1.29, 1.82) is 0 Å². The molecule has 0 unspecified atom stereocenters. The minimum absolute atomic E-state index is 0.0339. The Hall–Kier alpha value is -1.37. The Labute approximate surface area is 149 Å². The van der Waals surface area contributed by atoms with Gasteiger partial charge in [-0.2, -0.15) is 5.10 Å². The second-order valence-electron chi connectivity index (χ2n) is 5.64. The number of rotatable bonds is 5. The molecule has 1 aromatic carbocycles. The molecule has 1 saturated carbocycles. The van der Waals surface area contributed by atoms with Crippen LogP contribution >= 0.6 is 35.4 Å². The molecule has 2 atom stereocenters. The summed E-state index contributed by atoms with van der Waals surface area (Å²) in [5, 5.41) is 10.9. The van der Waals surface area contributed by atoms with Crippen LogP contribution in [0.1, 0.15) is 23.7 Å². The van der Waals surface area contributed by atoms with Gasteiger partial charge in [0.2, 0.25) is 5.91 Å². The van der Waals surface area contributed by atoms with E-state index in [1.54, 1.807) is 10.6 Å². The molecule has 0 saturated heterocycles. The zero-order valence-electron chi connectivity index (χ0n) is 12.5. The molecule has 1 amide bonds. The summed E-state index contributed by atoms with van der Waals surface area (Å²) in [5.74, 6) is 0.985. The highest BCUT2D eigenvalue weighted by atomic mass is 35.5. The first kappa shape index (κ1) is 16.5. The van der Waals surface area contributed by atoms with Gasteiger partial charge in [-0.3, -0.25) is 9.89 Å². The average molecular weight is 371 g/mol. The average Bonchev–Trinajstić information content (AvgIpc) is 3.26. The van der Waals surface area contributed by atoms with Gasteiger partial charge >= 0.3 is 0 Å². The number of aromatic amines is 1. The molecule has 0 radical (unpaired) electrons. The molecule has 0 aliphatic heterocycles. The van der Waals surface area contributed by atoms with E-state index in [1.807, 2.05) is 19.2 Å². The van der Waals surface area contributed by atoms with Crippen molar-refractivity contribution in [2.75, 3.05) is 6.54 Å². The van der Waals surface area contributed by atoms with Gasteiger partial charge in [0.25, 0.3) is 0 Å². The fourth-order valence-corrected chi connectivity index (χ4v) is 3.27. The number of benzene rings is 1. The van der Waals surface area contributed by atoms with Crippen molar-refractivity contribution in [3.8, 4) is 0 Å². The summed E-state index contributed by atoms with van der Waals surface area (Å²) in [7, 11) is 1.85. The van der Waals surface area contributed by atoms with Gasteiger partial charge in [-0.05, 0) is 36.2 Å². The lowest BCUT2D eigenvalue weighted by Gasteiger charge is -2.06. The quantitative estimate of drug-likeness (QED) is 0.794. The second-order valence-corrected chi connectivity index (χ2v) is 6.81. The van der Waals surface area contributed by atoms with E-state index in [1.165, 1.54) is 0 Å². The Morgan fingerprint density at radius 2 is 2.30 bits per heavy atom. The Balaban J connectivity index is 1.53. The lowest BCUT2D eigenvalue weighted by atomic mass is 10.1. The van der Waals surface area contributed by atoms with E-state index >= 15 is 0 Å². The van der Waals surface area contributed by atoms with Crippen molar-refractivity contribution in [3.63, 3.8) is 0 Å². The summed E-state index contributed by atoms with van der Waals surface area (Å²) >= 11 is 17.3. The molecule has 0 spiro atoms.